The number of esters is 1. The van der Waals surface area contributed by atoms with Gasteiger partial charge in [0.15, 0.2) is 12.7 Å². The highest BCUT2D eigenvalue weighted by Crippen LogP contribution is 2.16. The average molecular weight is 357 g/mol. The van der Waals surface area contributed by atoms with Crippen LogP contribution >= 0.6 is 0 Å². The zero-order chi connectivity index (χ0) is 18.9. The lowest BCUT2D eigenvalue weighted by Crippen LogP contribution is -2.36. The van der Waals surface area contributed by atoms with E-state index >= 15 is 0 Å². The van der Waals surface area contributed by atoms with Crippen molar-refractivity contribution in [2.24, 2.45) is 0 Å². The van der Waals surface area contributed by atoms with Gasteiger partial charge in [-0.15, -0.1) is 0 Å². The summed E-state index contributed by atoms with van der Waals surface area (Å²) in [6.45, 7) is 0.912. The van der Waals surface area contributed by atoms with Gasteiger partial charge in [-0.1, -0.05) is 30.3 Å². The van der Waals surface area contributed by atoms with Crippen LogP contribution in [0.3, 0.4) is 0 Å². The summed E-state index contributed by atoms with van der Waals surface area (Å²) in [5, 5.41) is 2.14. The van der Waals surface area contributed by atoms with E-state index in [4.69, 9.17) is 14.2 Å². The monoisotopic (exact) mass is 357 g/mol. The molecule has 0 radical (unpaired) electrons. The third-order valence-electron chi connectivity index (χ3n) is 3.34. The van der Waals surface area contributed by atoms with E-state index in [0.29, 0.717) is 11.5 Å². The fraction of sp³-hybridized carbons (Fsp3) is 0.211. The van der Waals surface area contributed by atoms with Gasteiger partial charge in [-0.05, 0) is 31.2 Å². The van der Waals surface area contributed by atoms with E-state index in [-0.39, 0.29) is 5.56 Å². The summed E-state index contributed by atoms with van der Waals surface area (Å²) in [5.41, 5.74) is 0.204. The topological polar surface area (TPSA) is 90.9 Å². The average Bonchev–Trinajstić information content (AvgIpc) is 2.66. The minimum atomic E-state index is -0.893. The van der Waals surface area contributed by atoms with Crippen molar-refractivity contribution >= 4 is 17.8 Å². The molecule has 2 rings (SSSR count). The Balaban J connectivity index is 1.82. The third-order valence-corrected chi connectivity index (χ3v) is 3.34. The van der Waals surface area contributed by atoms with Gasteiger partial charge in [0.05, 0.1) is 12.7 Å². The van der Waals surface area contributed by atoms with Crippen molar-refractivity contribution in [1.29, 1.82) is 0 Å². The Labute approximate surface area is 150 Å². The van der Waals surface area contributed by atoms with Crippen molar-refractivity contribution in [3.8, 4) is 11.5 Å². The number of imide groups is 1. The highest BCUT2D eigenvalue weighted by Gasteiger charge is 2.19. The van der Waals surface area contributed by atoms with Crippen molar-refractivity contribution in [3.63, 3.8) is 0 Å². The molecule has 0 heterocycles. The van der Waals surface area contributed by atoms with E-state index in [2.05, 4.69) is 5.32 Å². The van der Waals surface area contributed by atoms with E-state index in [1.165, 1.54) is 20.1 Å². The second-order valence-electron chi connectivity index (χ2n) is 5.26. The molecule has 26 heavy (non-hydrogen) atoms. The van der Waals surface area contributed by atoms with E-state index in [1.807, 2.05) is 6.07 Å². The Morgan fingerprint density at radius 3 is 2.35 bits per heavy atom. The molecule has 0 spiro atoms. The smallest absolute Gasteiger partial charge is 0.347 e. The van der Waals surface area contributed by atoms with Crippen molar-refractivity contribution in [3.05, 3.63) is 60.2 Å². The van der Waals surface area contributed by atoms with Gasteiger partial charge in [-0.3, -0.25) is 14.9 Å². The van der Waals surface area contributed by atoms with Crippen molar-refractivity contribution in [2.45, 2.75) is 13.0 Å². The molecular formula is C19H19NO6. The van der Waals surface area contributed by atoms with Crippen LogP contribution in [0.1, 0.15) is 17.3 Å². The third kappa shape index (κ3) is 5.34. The molecule has 136 valence electrons. The van der Waals surface area contributed by atoms with Crippen LogP contribution in [-0.4, -0.2) is 37.6 Å². The van der Waals surface area contributed by atoms with Gasteiger partial charge in [0.1, 0.15) is 11.5 Å². The standard InChI is InChI=1S/C19H19NO6/c1-13(26-14-8-4-3-5-9-14)19(23)25-12-17(21)20-18(22)15-10-6-7-11-16(15)24-2/h3-11,13H,12H2,1-2H3,(H,20,21,22). The van der Waals surface area contributed by atoms with Crippen LogP contribution in [0.15, 0.2) is 54.6 Å². The number of methoxy groups -OCH3 is 1. The van der Waals surface area contributed by atoms with Crippen LogP contribution in [0.5, 0.6) is 11.5 Å². The Bertz CT molecular complexity index is 775. The molecule has 0 aliphatic rings. The van der Waals surface area contributed by atoms with Crippen LogP contribution in [0.4, 0.5) is 0 Å². The molecule has 2 aromatic carbocycles. The van der Waals surface area contributed by atoms with E-state index in [1.54, 1.807) is 42.5 Å². The first kappa shape index (κ1) is 19.0. The summed E-state index contributed by atoms with van der Waals surface area (Å²) in [4.78, 5) is 35.8. The first-order chi connectivity index (χ1) is 12.5. The first-order valence-electron chi connectivity index (χ1n) is 7.86. The summed E-state index contributed by atoms with van der Waals surface area (Å²) >= 11 is 0. The summed E-state index contributed by atoms with van der Waals surface area (Å²) < 4.78 is 15.3. The van der Waals surface area contributed by atoms with Gasteiger partial charge in [-0.2, -0.15) is 0 Å². The van der Waals surface area contributed by atoms with Gasteiger partial charge < -0.3 is 14.2 Å². The highest BCUT2D eigenvalue weighted by atomic mass is 16.6. The molecule has 1 unspecified atom stereocenters. The maximum absolute atomic E-state index is 12.1. The number of nitrogens with one attached hydrogen (secondary N) is 1. The van der Waals surface area contributed by atoms with E-state index < -0.39 is 30.5 Å². The SMILES string of the molecule is COc1ccccc1C(=O)NC(=O)COC(=O)C(C)Oc1ccccc1. The van der Waals surface area contributed by atoms with Gasteiger partial charge in [0.25, 0.3) is 11.8 Å². The number of hydrogen-bond acceptors (Lipinski definition) is 6. The van der Waals surface area contributed by atoms with Gasteiger partial charge in [0.2, 0.25) is 0 Å². The maximum atomic E-state index is 12.1. The second kappa shape index (κ2) is 9.22. The largest absolute Gasteiger partial charge is 0.496 e. The van der Waals surface area contributed by atoms with Crippen LogP contribution in [0.25, 0.3) is 0 Å². The molecular weight excluding hydrogens is 338 g/mol. The van der Waals surface area contributed by atoms with Gasteiger partial charge >= 0.3 is 5.97 Å². The molecule has 2 aromatic rings. The minimum absolute atomic E-state index is 0.204. The first-order valence-corrected chi connectivity index (χ1v) is 7.86. The lowest BCUT2D eigenvalue weighted by Gasteiger charge is -2.14. The molecule has 7 heteroatoms. The fourth-order valence-electron chi connectivity index (χ4n) is 2.07. The Morgan fingerprint density at radius 1 is 1.00 bits per heavy atom. The number of rotatable bonds is 7. The molecule has 1 N–H and O–H groups in total. The van der Waals surface area contributed by atoms with Crippen LogP contribution < -0.4 is 14.8 Å². The molecule has 0 aromatic heterocycles. The number of hydrogen-bond donors (Lipinski definition) is 1. The number of benzene rings is 2. The van der Waals surface area contributed by atoms with Gasteiger partial charge in [0, 0.05) is 0 Å². The van der Waals surface area contributed by atoms with E-state index in [0.717, 1.165) is 0 Å². The van der Waals surface area contributed by atoms with Crippen molar-refractivity contribution < 1.29 is 28.6 Å². The fourth-order valence-corrected chi connectivity index (χ4v) is 2.07. The van der Waals surface area contributed by atoms with Crippen molar-refractivity contribution in [2.75, 3.05) is 13.7 Å². The number of amides is 2. The Kier molecular flexibility index (Phi) is 6.73. The molecule has 0 aliphatic heterocycles. The summed E-state index contributed by atoms with van der Waals surface area (Å²) in [7, 11) is 1.42. The number of carbonyl (C=O) groups excluding carboxylic acids is 3. The van der Waals surface area contributed by atoms with Crippen LogP contribution in [0, 0.1) is 0 Å². The zero-order valence-electron chi connectivity index (χ0n) is 14.4. The lowest BCUT2D eigenvalue weighted by atomic mass is 10.2. The minimum Gasteiger partial charge on any atom is -0.496 e. The van der Waals surface area contributed by atoms with Crippen LogP contribution in [0.2, 0.25) is 0 Å². The molecule has 0 aliphatic carbocycles. The molecule has 2 amide bonds. The van der Waals surface area contributed by atoms with Crippen LogP contribution in [-0.2, 0) is 14.3 Å². The van der Waals surface area contributed by atoms with E-state index in [9.17, 15) is 14.4 Å². The Morgan fingerprint density at radius 2 is 1.65 bits per heavy atom. The zero-order valence-corrected chi connectivity index (χ0v) is 14.4. The number of carbonyl (C=O) groups is 3. The number of ether oxygens (including phenoxy) is 3. The summed E-state index contributed by atoms with van der Waals surface area (Å²) in [5.74, 6) is -1.26. The highest BCUT2D eigenvalue weighted by molar-refractivity contribution is 6.06. The Hall–Kier alpha value is -3.35. The lowest BCUT2D eigenvalue weighted by molar-refractivity contribution is -0.154. The summed E-state index contributed by atoms with van der Waals surface area (Å²) in [6.07, 6.45) is -0.893. The molecule has 7 nitrogen and oxygen atoms in total. The van der Waals surface area contributed by atoms with Gasteiger partial charge in [-0.25, -0.2) is 4.79 Å². The predicted octanol–water partition coefficient (Wildman–Crippen LogP) is 1.96. The summed E-state index contributed by atoms with van der Waals surface area (Å²) in [6, 6.07) is 15.2. The quantitative estimate of drug-likeness (QED) is 0.762. The number of para-hydroxylation sites is 2. The predicted molar refractivity (Wildman–Crippen MR) is 93.0 cm³/mol. The maximum Gasteiger partial charge on any atom is 0.347 e. The molecule has 0 saturated carbocycles. The van der Waals surface area contributed by atoms with Crippen molar-refractivity contribution in [1.82, 2.24) is 5.32 Å². The molecule has 0 bridgehead atoms. The normalized spacial score (nSPS) is 11.2. The molecule has 0 fully saturated rings. The molecule has 1 atom stereocenters. The second-order valence-corrected chi connectivity index (χ2v) is 5.26. The molecule has 0 saturated heterocycles.